The highest BCUT2D eigenvalue weighted by molar-refractivity contribution is 5.91. The Morgan fingerprint density at radius 3 is 2.64 bits per heavy atom. The second-order valence-electron chi connectivity index (χ2n) is 7.46. The fraction of sp³-hybridized carbons (Fsp3) is 0.400. The van der Waals surface area contributed by atoms with Gasteiger partial charge < -0.3 is 20.1 Å². The minimum Gasteiger partial charge on any atom is -0.396 e. The third kappa shape index (κ3) is 4.02. The number of aliphatic hydroxyl groups is 2. The summed E-state index contributed by atoms with van der Waals surface area (Å²) < 4.78 is 1.41. The first kappa shape index (κ1) is 19.9. The highest BCUT2D eigenvalue weighted by Gasteiger charge is 2.19. The number of aliphatic hydroxyl groups excluding tert-OH is 1. The van der Waals surface area contributed by atoms with Crippen molar-refractivity contribution in [1.29, 1.82) is 0 Å². The Kier molecular flexibility index (Phi) is 5.44. The highest BCUT2D eigenvalue weighted by atomic mass is 16.3. The zero-order chi connectivity index (χ0) is 20.5. The van der Waals surface area contributed by atoms with Gasteiger partial charge in [-0.25, -0.2) is 9.97 Å². The summed E-state index contributed by atoms with van der Waals surface area (Å²) in [5, 5.41) is 22.9. The topological polar surface area (TPSA) is 113 Å². The largest absolute Gasteiger partial charge is 0.396 e. The molecule has 0 aliphatic rings. The molecule has 0 amide bonds. The number of anilines is 1. The molecule has 148 valence electrons. The highest BCUT2D eigenvalue weighted by Crippen LogP contribution is 2.26. The molecule has 3 N–H and O–H groups in total. The first-order valence-electron chi connectivity index (χ1n) is 9.13. The van der Waals surface area contributed by atoms with E-state index in [4.69, 9.17) is 0 Å². The Morgan fingerprint density at radius 2 is 2.04 bits per heavy atom. The van der Waals surface area contributed by atoms with Crippen molar-refractivity contribution >= 4 is 16.7 Å². The number of aryl methyl sites for hydroxylation is 1. The van der Waals surface area contributed by atoms with Crippen LogP contribution in [0.1, 0.15) is 32.9 Å². The van der Waals surface area contributed by atoms with Crippen molar-refractivity contribution in [3.8, 4) is 11.3 Å². The Hall–Kier alpha value is -2.84. The third-order valence-electron chi connectivity index (χ3n) is 4.53. The molecule has 3 heterocycles. The molecule has 0 saturated carbocycles. The molecule has 0 aromatic carbocycles. The zero-order valence-corrected chi connectivity index (χ0v) is 16.5. The molecule has 3 rings (SSSR count). The van der Waals surface area contributed by atoms with E-state index in [9.17, 15) is 15.0 Å². The molecule has 28 heavy (non-hydrogen) atoms. The molecule has 0 unspecified atom stereocenters. The Labute approximate surface area is 162 Å². The second-order valence-corrected chi connectivity index (χ2v) is 7.46. The van der Waals surface area contributed by atoms with Crippen LogP contribution in [0.2, 0.25) is 0 Å². The summed E-state index contributed by atoms with van der Waals surface area (Å²) in [5.74, 6) is 0.425. The number of nitrogens with zero attached hydrogens (tertiary/aromatic N) is 4. The van der Waals surface area contributed by atoms with E-state index in [-0.39, 0.29) is 18.2 Å². The number of pyridine rings is 2. The molecule has 0 spiro atoms. The summed E-state index contributed by atoms with van der Waals surface area (Å²) in [7, 11) is 1.64. The molecule has 1 atom stereocenters. The van der Waals surface area contributed by atoms with Gasteiger partial charge in [0.1, 0.15) is 16.8 Å². The van der Waals surface area contributed by atoms with Gasteiger partial charge in [-0.15, -0.1) is 0 Å². The van der Waals surface area contributed by atoms with Gasteiger partial charge >= 0.3 is 0 Å². The van der Waals surface area contributed by atoms with Gasteiger partial charge in [0.25, 0.3) is 5.56 Å². The summed E-state index contributed by atoms with van der Waals surface area (Å²) in [6, 6.07) is 5.26. The van der Waals surface area contributed by atoms with Gasteiger partial charge in [0, 0.05) is 31.5 Å². The van der Waals surface area contributed by atoms with Crippen LogP contribution in [-0.2, 0) is 12.6 Å². The van der Waals surface area contributed by atoms with Gasteiger partial charge in [0.05, 0.1) is 23.2 Å². The number of rotatable bonds is 6. The van der Waals surface area contributed by atoms with Gasteiger partial charge in [0.2, 0.25) is 0 Å². The van der Waals surface area contributed by atoms with Crippen LogP contribution in [0, 0.1) is 0 Å². The SMILES string of the molecule is C[C@H](CCO)Nc1nc(-c2ccc(C(C)(C)O)nc2)cc2ncn(C)c(=O)c12. The maximum atomic E-state index is 12.6. The predicted octanol–water partition coefficient (Wildman–Crippen LogP) is 1.80. The Morgan fingerprint density at radius 1 is 1.29 bits per heavy atom. The van der Waals surface area contributed by atoms with Crippen LogP contribution in [0.25, 0.3) is 22.2 Å². The Bertz CT molecular complexity index is 1040. The van der Waals surface area contributed by atoms with E-state index in [1.54, 1.807) is 39.2 Å². The lowest BCUT2D eigenvalue weighted by atomic mass is 10.0. The normalized spacial score (nSPS) is 12.9. The van der Waals surface area contributed by atoms with Crippen molar-refractivity contribution < 1.29 is 10.2 Å². The number of hydrogen-bond acceptors (Lipinski definition) is 7. The number of hydrogen-bond donors (Lipinski definition) is 3. The van der Waals surface area contributed by atoms with Crippen molar-refractivity contribution in [2.45, 2.75) is 38.8 Å². The van der Waals surface area contributed by atoms with Gasteiger partial charge in [0.15, 0.2) is 0 Å². The van der Waals surface area contributed by atoms with Crippen LogP contribution in [0.5, 0.6) is 0 Å². The molecular weight excluding hydrogens is 358 g/mol. The van der Waals surface area contributed by atoms with Gasteiger partial charge in [-0.2, -0.15) is 0 Å². The smallest absolute Gasteiger partial charge is 0.264 e. The summed E-state index contributed by atoms with van der Waals surface area (Å²) in [4.78, 5) is 26.0. The predicted molar refractivity (Wildman–Crippen MR) is 108 cm³/mol. The van der Waals surface area contributed by atoms with E-state index in [1.807, 2.05) is 13.0 Å². The van der Waals surface area contributed by atoms with Gasteiger partial charge in [-0.1, -0.05) is 0 Å². The molecule has 0 saturated heterocycles. The molecule has 3 aromatic rings. The van der Waals surface area contributed by atoms with Crippen molar-refractivity contribution in [2.75, 3.05) is 11.9 Å². The summed E-state index contributed by atoms with van der Waals surface area (Å²) >= 11 is 0. The molecule has 0 aliphatic carbocycles. The molecule has 0 aliphatic heterocycles. The van der Waals surface area contributed by atoms with Gasteiger partial charge in [-0.05, 0) is 45.4 Å². The molecule has 8 nitrogen and oxygen atoms in total. The van der Waals surface area contributed by atoms with Crippen molar-refractivity contribution in [1.82, 2.24) is 19.5 Å². The van der Waals surface area contributed by atoms with Crippen LogP contribution in [0.15, 0.2) is 35.5 Å². The first-order valence-corrected chi connectivity index (χ1v) is 9.13. The quantitative estimate of drug-likeness (QED) is 0.595. The van der Waals surface area contributed by atoms with E-state index < -0.39 is 5.60 Å². The minimum absolute atomic E-state index is 0.0321. The molecular formula is C20H25N5O3. The van der Waals surface area contributed by atoms with Crippen LogP contribution < -0.4 is 10.9 Å². The van der Waals surface area contributed by atoms with E-state index in [0.717, 1.165) is 5.56 Å². The Balaban J connectivity index is 2.14. The fourth-order valence-electron chi connectivity index (χ4n) is 2.88. The zero-order valence-electron chi connectivity index (χ0n) is 16.5. The van der Waals surface area contributed by atoms with E-state index >= 15 is 0 Å². The monoisotopic (exact) mass is 383 g/mol. The molecule has 0 fully saturated rings. The maximum absolute atomic E-state index is 12.6. The summed E-state index contributed by atoms with van der Waals surface area (Å²) in [6.07, 6.45) is 3.64. The average molecular weight is 383 g/mol. The molecule has 3 aromatic heterocycles. The van der Waals surface area contributed by atoms with E-state index in [2.05, 4.69) is 20.3 Å². The molecule has 0 radical (unpaired) electrons. The lowest BCUT2D eigenvalue weighted by Crippen LogP contribution is -2.23. The van der Waals surface area contributed by atoms with Crippen molar-refractivity contribution in [3.05, 3.63) is 46.8 Å². The second kappa shape index (κ2) is 7.65. The van der Waals surface area contributed by atoms with Gasteiger partial charge in [-0.3, -0.25) is 9.78 Å². The molecule has 0 bridgehead atoms. The van der Waals surface area contributed by atoms with Crippen LogP contribution >= 0.6 is 0 Å². The van der Waals surface area contributed by atoms with Crippen LogP contribution in [-0.4, -0.2) is 42.4 Å². The molecule has 8 heteroatoms. The number of aromatic nitrogens is 4. The standard InChI is InChI=1S/C20H25N5O3/c1-12(7-8-26)23-18-17-15(22-11-25(4)19(17)27)9-14(24-18)13-5-6-16(21-10-13)20(2,3)28/h5-6,9-12,26,28H,7-8H2,1-4H3,(H,23,24)/t12-/m1/s1. The van der Waals surface area contributed by atoms with Crippen molar-refractivity contribution in [3.63, 3.8) is 0 Å². The van der Waals surface area contributed by atoms with E-state index in [0.29, 0.717) is 34.5 Å². The maximum Gasteiger partial charge on any atom is 0.264 e. The first-order chi connectivity index (χ1) is 13.2. The lowest BCUT2D eigenvalue weighted by molar-refractivity contribution is 0.0739. The number of fused-ring (bicyclic) bond motifs is 1. The van der Waals surface area contributed by atoms with Crippen molar-refractivity contribution in [2.24, 2.45) is 7.05 Å². The number of nitrogens with one attached hydrogen (secondary N) is 1. The van der Waals surface area contributed by atoms with Crippen LogP contribution in [0.3, 0.4) is 0 Å². The average Bonchev–Trinajstić information content (AvgIpc) is 2.64. The summed E-state index contributed by atoms with van der Waals surface area (Å²) in [5.41, 5.74) is 1.21. The minimum atomic E-state index is -1.03. The lowest BCUT2D eigenvalue weighted by Gasteiger charge is -2.17. The fourth-order valence-corrected chi connectivity index (χ4v) is 2.88. The van der Waals surface area contributed by atoms with Crippen LogP contribution in [0.4, 0.5) is 5.82 Å². The summed E-state index contributed by atoms with van der Waals surface area (Å²) in [6.45, 7) is 5.29. The third-order valence-corrected chi connectivity index (χ3v) is 4.53. The van der Waals surface area contributed by atoms with E-state index in [1.165, 1.54) is 10.9 Å².